The van der Waals surface area contributed by atoms with Gasteiger partial charge in [0.2, 0.25) is 0 Å². The summed E-state index contributed by atoms with van der Waals surface area (Å²) in [6.07, 6.45) is 4.03. The van der Waals surface area contributed by atoms with Crippen LogP contribution in [-0.2, 0) is 4.74 Å². The highest BCUT2D eigenvalue weighted by atomic mass is 16.5. The van der Waals surface area contributed by atoms with Crippen LogP contribution in [0.5, 0.6) is 0 Å². The average molecular weight is 213 g/mol. The van der Waals surface area contributed by atoms with Crippen molar-refractivity contribution in [3.8, 4) is 0 Å². The van der Waals surface area contributed by atoms with Gasteiger partial charge in [-0.2, -0.15) is 0 Å². The summed E-state index contributed by atoms with van der Waals surface area (Å²) in [7, 11) is 1.77. The minimum atomic E-state index is 0.107. The van der Waals surface area contributed by atoms with E-state index in [1.54, 1.807) is 7.11 Å². The van der Waals surface area contributed by atoms with Gasteiger partial charge in [-0.05, 0) is 44.9 Å². The van der Waals surface area contributed by atoms with Crippen molar-refractivity contribution in [3.05, 3.63) is 0 Å². The molecule has 0 aromatic carbocycles. The van der Waals surface area contributed by atoms with Crippen molar-refractivity contribution in [2.75, 3.05) is 13.7 Å². The van der Waals surface area contributed by atoms with Crippen LogP contribution < -0.4 is 5.32 Å². The fourth-order valence-electron chi connectivity index (χ4n) is 3.02. The second-order valence-corrected chi connectivity index (χ2v) is 6.08. The zero-order chi connectivity index (χ0) is 11.5. The van der Waals surface area contributed by atoms with Gasteiger partial charge in [-0.1, -0.05) is 13.8 Å². The minimum absolute atomic E-state index is 0.107. The van der Waals surface area contributed by atoms with Crippen LogP contribution in [0, 0.1) is 11.8 Å². The molecular formula is C13H27NO. The van der Waals surface area contributed by atoms with E-state index in [0.29, 0.717) is 6.04 Å². The van der Waals surface area contributed by atoms with Crippen molar-refractivity contribution in [2.45, 2.75) is 58.5 Å². The molecule has 2 nitrogen and oxygen atoms in total. The Morgan fingerprint density at radius 3 is 2.13 bits per heavy atom. The molecule has 90 valence electrons. The molecule has 1 saturated carbocycles. The van der Waals surface area contributed by atoms with Gasteiger partial charge in [-0.3, -0.25) is 0 Å². The molecule has 0 saturated heterocycles. The summed E-state index contributed by atoms with van der Waals surface area (Å²) in [5.74, 6) is 1.73. The number of hydrogen-bond acceptors (Lipinski definition) is 2. The molecule has 0 aromatic rings. The first-order chi connectivity index (χ1) is 6.93. The van der Waals surface area contributed by atoms with Crippen molar-refractivity contribution < 1.29 is 4.74 Å². The molecule has 0 aromatic heterocycles. The highest BCUT2D eigenvalue weighted by Crippen LogP contribution is 2.29. The lowest BCUT2D eigenvalue weighted by Crippen LogP contribution is -2.51. The Kier molecular flexibility index (Phi) is 4.60. The molecule has 1 rings (SSSR count). The van der Waals surface area contributed by atoms with E-state index in [2.05, 4.69) is 33.0 Å². The van der Waals surface area contributed by atoms with E-state index in [-0.39, 0.29) is 5.54 Å². The molecule has 2 unspecified atom stereocenters. The first-order valence-electron chi connectivity index (χ1n) is 6.19. The Labute approximate surface area is 94.8 Å². The van der Waals surface area contributed by atoms with Crippen molar-refractivity contribution in [1.29, 1.82) is 0 Å². The smallest absolute Gasteiger partial charge is 0.0639 e. The average Bonchev–Trinajstić information content (AvgIpc) is 1.99. The molecule has 0 spiro atoms. The molecule has 1 aliphatic carbocycles. The van der Waals surface area contributed by atoms with Gasteiger partial charge in [0.25, 0.3) is 0 Å². The van der Waals surface area contributed by atoms with Crippen LogP contribution in [0.1, 0.15) is 47.0 Å². The second-order valence-electron chi connectivity index (χ2n) is 6.08. The third-order valence-electron chi connectivity index (χ3n) is 3.28. The lowest BCUT2D eigenvalue weighted by atomic mass is 9.79. The highest BCUT2D eigenvalue weighted by Gasteiger charge is 2.28. The molecule has 0 radical (unpaired) electrons. The molecule has 0 heterocycles. The first-order valence-corrected chi connectivity index (χ1v) is 6.19. The number of rotatable bonds is 4. The van der Waals surface area contributed by atoms with Crippen LogP contribution >= 0.6 is 0 Å². The summed E-state index contributed by atoms with van der Waals surface area (Å²) in [6, 6.07) is 0.675. The van der Waals surface area contributed by atoms with Gasteiger partial charge in [0.05, 0.1) is 6.61 Å². The third-order valence-corrected chi connectivity index (χ3v) is 3.28. The minimum Gasteiger partial charge on any atom is -0.383 e. The normalized spacial score (nSPS) is 33.0. The molecule has 0 amide bonds. The van der Waals surface area contributed by atoms with E-state index in [0.717, 1.165) is 18.4 Å². The second kappa shape index (κ2) is 5.31. The standard InChI is InChI=1S/C13H27NO/c1-10-6-11(2)8-12(7-10)14-13(3,4)9-15-5/h10-12,14H,6-9H2,1-5H3. The molecule has 0 aliphatic heterocycles. The summed E-state index contributed by atoms with van der Waals surface area (Å²) in [4.78, 5) is 0. The third kappa shape index (κ3) is 4.52. The van der Waals surface area contributed by atoms with E-state index in [9.17, 15) is 0 Å². The Hall–Kier alpha value is -0.0800. The van der Waals surface area contributed by atoms with Gasteiger partial charge in [0.15, 0.2) is 0 Å². The Balaban J connectivity index is 2.43. The summed E-state index contributed by atoms with van der Waals surface area (Å²) >= 11 is 0. The fraction of sp³-hybridized carbons (Fsp3) is 1.00. The van der Waals surface area contributed by atoms with Gasteiger partial charge in [0.1, 0.15) is 0 Å². The summed E-state index contributed by atoms with van der Waals surface area (Å²) in [6.45, 7) is 9.97. The van der Waals surface area contributed by atoms with E-state index >= 15 is 0 Å². The molecule has 1 aliphatic rings. The molecular weight excluding hydrogens is 186 g/mol. The van der Waals surface area contributed by atoms with E-state index in [1.807, 2.05) is 0 Å². The van der Waals surface area contributed by atoms with Crippen LogP contribution in [0.15, 0.2) is 0 Å². The van der Waals surface area contributed by atoms with Gasteiger partial charge in [0, 0.05) is 18.7 Å². The maximum Gasteiger partial charge on any atom is 0.0639 e. The van der Waals surface area contributed by atoms with Gasteiger partial charge in [-0.25, -0.2) is 0 Å². The van der Waals surface area contributed by atoms with Gasteiger partial charge >= 0.3 is 0 Å². The van der Waals surface area contributed by atoms with E-state index in [1.165, 1.54) is 19.3 Å². The topological polar surface area (TPSA) is 21.3 Å². The summed E-state index contributed by atoms with van der Waals surface area (Å²) < 4.78 is 5.24. The molecule has 2 heteroatoms. The maximum absolute atomic E-state index is 5.24. The quantitative estimate of drug-likeness (QED) is 0.775. The Morgan fingerprint density at radius 2 is 1.67 bits per heavy atom. The SMILES string of the molecule is COCC(C)(C)NC1CC(C)CC(C)C1. The van der Waals surface area contributed by atoms with Crippen molar-refractivity contribution in [1.82, 2.24) is 5.32 Å². The lowest BCUT2D eigenvalue weighted by Gasteiger charge is -2.37. The van der Waals surface area contributed by atoms with Crippen LogP contribution in [0.2, 0.25) is 0 Å². The predicted octanol–water partition coefficient (Wildman–Crippen LogP) is 2.83. The highest BCUT2D eigenvalue weighted by molar-refractivity contribution is 4.86. The maximum atomic E-state index is 5.24. The monoisotopic (exact) mass is 213 g/mol. The van der Waals surface area contributed by atoms with Crippen LogP contribution in [0.25, 0.3) is 0 Å². The summed E-state index contributed by atoms with van der Waals surface area (Å²) in [5.41, 5.74) is 0.107. The van der Waals surface area contributed by atoms with Crippen molar-refractivity contribution >= 4 is 0 Å². The van der Waals surface area contributed by atoms with Crippen molar-refractivity contribution in [2.24, 2.45) is 11.8 Å². The lowest BCUT2D eigenvalue weighted by molar-refractivity contribution is 0.106. The fourth-order valence-corrected chi connectivity index (χ4v) is 3.02. The number of hydrogen-bond donors (Lipinski definition) is 1. The zero-order valence-corrected chi connectivity index (χ0v) is 11.0. The van der Waals surface area contributed by atoms with Crippen LogP contribution in [0.4, 0.5) is 0 Å². The van der Waals surface area contributed by atoms with Crippen LogP contribution in [0.3, 0.4) is 0 Å². The molecule has 1 N–H and O–H groups in total. The number of methoxy groups -OCH3 is 1. The number of ether oxygens (including phenoxy) is 1. The first kappa shape index (κ1) is 13.0. The van der Waals surface area contributed by atoms with E-state index < -0.39 is 0 Å². The zero-order valence-electron chi connectivity index (χ0n) is 11.0. The summed E-state index contributed by atoms with van der Waals surface area (Å²) in [5, 5.41) is 3.73. The molecule has 2 atom stereocenters. The molecule has 0 bridgehead atoms. The van der Waals surface area contributed by atoms with Gasteiger partial charge < -0.3 is 10.1 Å². The Bertz CT molecular complexity index is 181. The predicted molar refractivity (Wildman–Crippen MR) is 65.1 cm³/mol. The Morgan fingerprint density at radius 1 is 1.13 bits per heavy atom. The van der Waals surface area contributed by atoms with Crippen molar-refractivity contribution in [3.63, 3.8) is 0 Å². The number of nitrogens with one attached hydrogen (secondary N) is 1. The molecule has 1 fully saturated rings. The molecule has 15 heavy (non-hydrogen) atoms. The largest absolute Gasteiger partial charge is 0.383 e. The van der Waals surface area contributed by atoms with Gasteiger partial charge in [-0.15, -0.1) is 0 Å². The van der Waals surface area contributed by atoms with E-state index in [4.69, 9.17) is 4.74 Å². The van der Waals surface area contributed by atoms with Crippen LogP contribution in [-0.4, -0.2) is 25.3 Å².